The molecule has 0 aromatic heterocycles. The SMILES string of the molecule is CCCCOc1ccc(C=C2N=C(c3ccccc3F)OC2=O)cc1. The summed E-state index contributed by atoms with van der Waals surface area (Å²) < 4.78 is 24.5. The van der Waals surface area contributed by atoms with Gasteiger partial charge in [0.15, 0.2) is 5.70 Å². The number of hydrogen-bond donors (Lipinski definition) is 0. The maximum atomic E-state index is 13.8. The normalized spacial score (nSPS) is 15.2. The topological polar surface area (TPSA) is 47.9 Å². The van der Waals surface area contributed by atoms with Crippen LogP contribution >= 0.6 is 0 Å². The van der Waals surface area contributed by atoms with Crippen molar-refractivity contribution in [2.24, 2.45) is 4.99 Å². The average Bonchev–Trinajstić information content (AvgIpc) is 2.97. The summed E-state index contributed by atoms with van der Waals surface area (Å²) in [6.45, 7) is 2.79. The number of rotatable bonds is 6. The number of esters is 1. The van der Waals surface area contributed by atoms with E-state index >= 15 is 0 Å². The predicted molar refractivity (Wildman–Crippen MR) is 93.9 cm³/mol. The minimum Gasteiger partial charge on any atom is -0.494 e. The van der Waals surface area contributed by atoms with E-state index in [0.29, 0.717) is 6.61 Å². The molecule has 0 atom stereocenters. The minimum absolute atomic E-state index is 0.0196. The van der Waals surface area contributed by atoms with Crippen molar-refractivity contribution >= 4 is 17.9 Å². The van der Waals surface area contributed by atoms with Crippen molar-refractivity contribution in [1.29, 1.82) is 0 Å². The van der Waals surface area contributed by atoms with Crippen molar-refractivity contribution in [3.63, 3.8) is 0 Å². The van der Waals surface area contributed by atoms with Crippen LogP contribution in [0.25, 0.3) is 6.08 Å². The molecule has 4 nitrogen and oxygen atoms in total. The molecule has 2 aromatic carbocycles. The molecular weight excluding hydrogens is 321 g/mol. The third-order valence-electron chi connectivity index (χ3n) is 3.67. The van der Waals surface area contributed by atoms with Crippen LogP contribution in [0.5, 0.6) is 5.75 Å². The lowest BCUT2D eigenvalue weighted by atomic mass is 10.2. The van der Waals surface area contributed by atoms with Gasteiger partial charge in [0.05, 0.1) is 12.2 Å². The molecule has 5 heteroatoms. The van der Waals surface area contributed by atoms with Gasteiger partial charge in [-0.3, -0.25) is 0 Å². The highest BCUT2D eigenvalue weighted by molar-refractivity contribution is 6.12. The number of nitrogens with zero attached hydrogens (tertiary/aromatic N) is 1. The molecule has 1 aliphatic rings. The van der Waals surface area contributed by atoms with Crippen LogP contribution in [0.1, 0.15) is 30.9 Å². The molecule has 128 valence electrons. The fraction of sp³-hybridized carbons (Fsp3) is 0.200. The van der Waals surface area contributed by atoms with Crippen molar-refractivity contribution in [1.82, 2.24) is 0 Å². The molecule has 3 rings (SSSR count). The second kappa shape index (κ2) is 7.75. The minimum atomic E-state index is -0.596. The largest absolute Gasteiger partial charge is 0.494 e. The van der Waals surface area contributed by atoms with Gasteiger partial charge >= 0.3 is 5.97 Å². The van der Waals surface area contributed by atoms with Crippen LogP contribution in [0.3, 0.4) is 0 Å². The van der Waals surface area contributed by atoms with Gasteiger partial charge in [-0.25, -0.2) is 14.2 Å². The van der Waals surface area contributed by atoms with Gasteiger partial charge in [0.25, 0.3) is 0 Å². The van der Waals surface area contributed by atoms with Gasteiger partial charge in [-0.2, -0.15) is 0 Å². The molecular formula is C20H18FNO3. The first kappa shape index (κ1) is 16.9. The number of hydrogen-bond acceptors (Lipinski definition) is 4. The molecule has 0 saturated heterocycles. The highest BCUT2D eigenvalue weighted by atomic mass is 19.1. The molecule has 0 fully saturated rings. The molecule has 0 unspecified atom stereocenters. The van der Waals surface area contributed by atoms with Gasteiger partial charge in [0, 0.05) is 0 Å². The number of halogens is 1. The van der Waals surface area contributed by atoms with E-state index in [1.165, 1.54) is 12.1 Å². The van der Waals surface area contributed by atoms with E-state index in [0.717, 1.165) is 24.2 Å². The lowest BCUT2D eigenvalue weighted by Gasteiger charge is -2.05. The van der Waals surface area contributed by atoms with Crippen LogP contribution in [0, 0.1) is 5.82 Å². The van der Waals surface area contributed by atoms with E-state index in [1.54, 1.807) is 18.2 Å². The third-order valence-corrected chi connectivity index (χ3v) is 3.67. The number of carbonyl (C=O) groups is 1. The first-order valence-electron chi connectivity index (χ1n) is 8.17. The van der Waals surface area contributed by atoms with Crippen LogP contribution < -0.4 is 4.74 Å². The number of cyclic esters (lactones) is 1. The Morgan fingerprint density at radius 1 is 1.16 bits per heavy atom. The zero-order valence-corrected chi connectivity index (χ0v) is 13.9. The molecule has 0 bridgehead atoms. The Bertz CT molecular complexity index is 825. The van der Waals surface area contributed by atoms with Gasteiger partial charge in [-0.1, -0.05) is 37.6 Å². The maximum Gasteiger partial charge on any atom is 0.363 e. The quantitative estimate of drug-likeness (QED) is 0.447. The highest BCUT2D eigenvalue weighted by Crippen LogP contribution is 2.21. The van der Waals surface area contributed by atoms with E-state index in [1.807, 2.05) is 24.3 Å². The summed E-state index contributed by atoms with van der Waals surface area (Å²) in [6, 6.07) is 13.4. The van der Waals surface area contributed by atoms with Gasteiger partial charge in [0.1, 0.15) is 11.6 Å². The van der Waals surface area contributed by atoms with E-state index in [9.17, 15) is 9.18 Å². The smallest absolute Gasteiger partial charge is 0.363 e. The molecule has 2 aromatic rings. The molecule has 0 aliphatic carbocycles. The average molecular weight is 339 g/mol. The molecule has 0 radical (unpaired) electrons. The van der Waals surface area contributed by atoms with Gasteiger partial charge < -0.3 is 9.47 Å². The van der Waals surface area contributed by atoms with Crippen LogP contribution in [-0.2, 0) is 9.53 Å². The number of ether oxygens (including phenoxy) is 2. The summed E-state index contributed by atoms with van der Waals surface area (Å²) in [7, 11) is 0. The summed E-state index contributed by atoms with van der Waals surface area (Å²) in [4.78, 5) is 16.1. The van der Waals surface area contributed by atoms with Crippen LogP contribution in [0.15, 0.2) is 59.2 Å². The molecule has 0 amide bonds. The lowest BCUT2D eigenvalue weighted by Crippen LogP contribution is -2.07. The van der Waals surface area contributed by atoms with Crippen molar-refractivity contribution in [2.75, 3.05) is 6.61 Å². The van der Waals surface area contributed by atoms with Gasteiger partial charge in [0.2, 0.25) is 5.90 Å². The monoisotopic (exact) mass is 339 g/mol. The molecule has 25 heavy (non-hydrogen) atoms. The molecule has 1 heterocycles. The van der Waals surface area contributed by atoms with Crippen LogP contribution in [0.2, 0.25) is 0 Å². The summed E-state index contributed by atoms with van der Waals surface area (Å²) in [5.74, 6) is -0.320. The Morgan fingerprint density at radius 3 is 2.64 bits per heavy atom. The summed E-state index contributed by atoms with van der Waals surface area (Å²) in [5, 5.41) is 0. The van der Waals surface area contributed by atoms with Crippen molar-refractivity contribution in [3.05, 3.63) is 71.2 Å². The fourth-order valence-electron chi connectivity index (χ4n) is 2.31. The molecule has 0 spiro atoms. The molecule has 0 saturated carbocycles. The van der Waals surface area contributed by atoms with Crippen LogP contribution in [0.4, 0.5) is 4.39 Å². The second-order valence-corrected chi connectivity index (χ2v) is 5.59. The Morgan fingerprint density at radius 2 is 1.92 bits per heavy atom. The Hall–Kier alpha value is -2.95. The zero-order chi connectivity index (χ0) is 17.6. The van der Waals surface area contributed by atoms with Crippen molar-refractivity contribution in [2.45, 2.75) is 19.8 Å². The molecule has 1 aliphatic heterocycles. The summed E-state index contributed by atoms with van der Waals surface area (Å²) in [6.07, 6.45) is 3.69. The summed E-state index contributed by atoms with van der Waals surface area (Å²) >= 11 is 0. The van der Waals surface area contributed by atoms with E-state index in [4.69, 9.17) is 9.47 Å². The van der Waals surface area contributed by atoms with E-state index < -0.39 is 11.8 Å². The zero-order valence-electron chi connectivity index (χ0n) is 13.9. The first-order valence-corrected chi connectivity index (χ1v) is 8.17. The van der Waals surface area contributed by atoms with Crippen molar-refractivity contribution < 1.29 is 18.7 Å². The molecule has 0 N–H and O–H groups in total. The number of unbranched alkanes of at least 4 members (excludes halogenated alkanes) is 1. The van der Waals surface area contributed by atoms with Gasteiger partial charge in [-0.05, 0) is 42.3 Å². The van der Waals surface area contributed by atoms with Crippen molar-refractivity contribution in [3.8, 4) is 5.75 Å². The maximum absolute atomic E-state index is 13.8. The van der Waals surface area contributed by atoms with E-state index in [2.05, 4.69) is 11.9 Å². The number of carbonyl (C=O) groups excluding carboxylic acids is 1. The Kier molecular flexibility index (Phi) is 5.23. The Labute approximate surface area is 145 Å². The third kappa shape index (κ3) is 4.12. The lowest BCUT2D eigenvalue weighted by molar-refractivity contribution is -0.129. The fourth-order valence-corrected chi connectivity index (χ4v) is 2.31. The number of benzene rings is 2. The standard InChI is InChI=1S/C20H18FNO3/c1-2-3-12-24-15-10-8-14(9-11-15)13-18-20(23)25-19(22-18)16-6-4-5-7-17(16)21/h4-11,13H,2-3,12H2,1H3. The number of aliphatic imine (C=N–C) groups is 1. The first-order chi connectivity index (χ1) is 12.2. The predicted octanol–water partition coefficient (Wildman–Crippen LogP) is 4.35. The van der Waals surface area contributed by atoms with Gasteiger partial charge in [-0.15, -0.1) is 0 Å². The second-order valence-electron chi connectivity index (χ2n) is 5.59. The highest BCUT2D eigenvalue weighted by Gasteiger charge is 2.25. The summed E-state index contributed by atoms with van der Waals surface area (Å²) in [5.41, 5.74) is 1.09. The van der Waals surface area contributed by atoms with Crippen LogP contribution in [-0.4, -0.2) is 18.5 Å². The van der Waals surface area contributed by atoms with E-state index in [-0.39, 0.29) is 17.2 Å². The Balaban J connectivity index is 1.77.